The van der Waals surface area contributed by atoms with Gasteiger partial charge in [0.2, 0.25) is 11.8 Å². The molecule has 0 aromatic heterocycles. The molecule has 4 atom stereocenters. The summed E-state index contributed by atoms with van der Waals surface area (Å²) in [4.78, 5) is 26.9. The average Bonchev–Trinajstić information content (AvgIpc) is 3.20. The summed E-state index contributed by atoms with van der Waals surface area (Å²) in [6, 6.07) is 5.13. The maximum Gasteiger partial charge on any atom is 0.238 e. The number of benzene rings is 1. The van der Waals surface area contributed by atoms with E-state index in [0.29, 0.717) is 17.2 Å². The summed E-state index contributed by atoms with van der Waals surface area (Å²) < 4.78 is 10.5. The van der Waals surface area contributed by atoms with Crippen LogP contribution in [0.3, 0.4) is 0 Å². The number of amides is 2. The Balaban J connectivity index is 1.75. The molecule has 1 heterocycles. The van der Waals surface area contributed by atoms with Crippen molar-refractivity contribution >= 4 is 17.5 Å². The van der Waals surface area contributed by atoms with Crippen molar-refractivity contribution in [3.05, 3.63) is 30.4 Å². The van der Waals surface area contributed by atoms with Gasteiger partial charge in [-0.25, -0.2) is 4.90 Å². The molecule has 0 unspecified atom stereocenters. The van der Waals surface area contributed by atoms with E-state index in [4.69, 9.17) is 9.47 Å². The molecule has 0 radical (unpaired) electrons. The predicted molar refractivity (Wildman–Crippen MR) is 79.8 cm³/mol. The summed E-state index contributed by atoms with van der Waals surface area (Å²) in [5.74, 6) is 0.970. The van der Waals surface area contributed by atoms with Gasteiger partial charge in [0.05, 0.1) is 31.7 Å². The van der Waals surface area contributed by atoms with Crippen LogP contribution in [0.4, 0.5) is 5.69 Å². The lowest BCUT2D eigenvalue weighted by Gasteiger charge is -2.18. The molecule has 5 heteroatoms. The van der Waals surface area contributed by atoms with Crippen molar-refractivity contribution in [2.75, 3.05) is 19.1 Å². The number of fused-ring (bicyclic) bond motifs is 5. The molecule has 1 saturated heterocycles. The Bertz CT molecular complexity index is 644. The second kappa shape index (κ2) is 4.60. The second-order valence-electron chi connectivity index (χ2n) is 6.08. The van der Waals surface area contributed by atoms with E-state index >= 15 is 0 Å². The lowest BCUT2D eigenvalue weighted by Crippen LogP contribution is -2.32. The van der Waals surface area contributed by atoms with E-state index < -0.39 is 0 Å². The number of ether oxygens (including phenoxy) is 2. The zero-order valence-corrected chi connectivity index (χ0v) is 12.5. The van der Waals surface area contributed by atoms with E-state index in [0.717, 1.165) is 6.42 Å². The number of rotatable bonds is 3. The summed E-state index contributed by atoms with van der Waals surface area (Å²) in [6.45, 7) is 0. The Hall–Kier alpha value is -2.30. The summed E-state index contributed by atoms with van der Waals surface area (Å²) in [6.07, 6.45) is 5.11. The summed E-state index contributed by atoms with van der Waals surface area (Å²) in [7, 11) is 3.09. The fourth-order valence-corrected chi connectivity index (χ4v) is 4.08. The van der Waals surface area contributed by atoms with Crippen LogP contribution in [-0.2, 0) is 9.59 Å². The Labute approximate surface area is 128 Å². The highest BCUT2D eigenvalue weighted by atomic mass is 16.5. The van der Waals surface area contributed by atoms with E-state index in [-0.39, 0.29) is 35.5 Å². The van der Waals surface area contributed by atoms with Gasteiger partial charge in [-0.2, -0.15) is 0 Å². The first-order valence-corrected chi connectivity index (χ1v) is 7.43. The zero-order chi connectivity index (χ0) is 15.4. The topological polar surface area (TPSA) is 55.8 Å². The van der Waals surface area contributed by atoms with Crippen molar-refractivity contribution in [3.8, 4) is 11.5 Å². The number of nitrogens with zero attached hydrogens (tertiary/aromatic N) is 1. The summed E-state index contributed by atoms with van der Waals surface area (Å²) >= 11 is 0. The Kier molecular flexibility index (Phi) is 2.79. The predicted octanol–water partition coefficient (Wildman–Crippen LogP) is 2.02. The maximum atomic E-state index is 12.8. The van der Waals surface area contributed by atoms with Gasteiger partial charge in [-0.3, -0.25) is 9.59 Å². The van der Waals surface area contributed by atoms with Crippen molar-refractivity contribution < 1.29 is 19.1 Å². The number of anilines is 1. The molecule has 114 valence electrons. The van der Waals surface area contributed by atoms with Crippen molar-refractivity contribution in [3.63, 3.8) is 0 Å². The first-order valence-electron chi connectivity index (χ1n) is 7.43. The summed E-state index contributed by atoms with van der Waals surface area (Å²) in [5.41, 5.74) is 0.528. The number of methoxy groups -OCH3 is 2. The number of imide groups is 1. The standard InChI is InChI=1S/C17H17NO4/c1-21-12-6-11(7-13(8-12)22-2)18-16(19)14-9-3-4-10(5-9)15(14)17(18)20/h3-4,6-10,14-15H,5H2,1-2H3/t9-,10-,14+,15+/m0/s1. The van der Waals surface area contributed by atoms with Crippen LogP contribution in [0.25, 0.3) is 0 Å². The lowest BCUT2D eigenvalue weighted by molar-refractivity contribution is -0.123. The van der Waals surface area contributed by atoms with E-state index in [9.17, 15) is 9.59 Å². The van der Waals surface area contributed by atoms with Gasteiger partial charge in [-0.1, -0.05) is 12.2 Å². The highest BCUT2D eigenvalue weighted by molar-refractivity contribution is 6.23. The largest absolute Gasteiger partial charge is 0.497 e. The summed E-state index contributed by atoms with van der Waals surface area (Å²) in [5, 5.41) is 0. The Morgan fingerprint density at radius 2 is 1.41 bits per heavy atom. The molecule has 1 aromatic rings. The van der Waals surface area contributed by atoms with Crippen molar-refractivity contribution in [2.24, 2.45) is 23.7 Å². The smallest absolute Gasteiger partial charge is 0.238 e. The van der Waals surface area contributed by atoms with Crippen LogP contribution in [0.1, 0.15) is 6.42 Å². The molecule has 1 aliphatic heterocycles. The highest BCUT2D eigenvalue weighted by Crippen LogP contribution is 2.53. The molecule has 2 bridgehead atoms. The van der Waals surface area contributed by atoms with E-state index in [1.165, 1.54) is 4.90 Å². The fourth-order valence-electron chi connectivity index (χ4n) is 4.08. The quantitative estimate of drug-likeness (QED) is 0.633. The minimum Gasteiger partial charge on any atom is -0.497 e. The van der Waals surface area contributed by atoms with Gasteiger partial charge in [0.15, 0.2) is 0 Å². The third kappa shape index (κ3) is 1.65. The third-order valence-corrected chi connectivity index (χ3v) is 5.06. The van der Waals surface area contributed by atoms with Gasteiger partial charge in [0.25, 0.3) is 0 Å². The zero-order valence-electron chi connectivity index (χ0n) is 12.5. The first-order chi connectivity index (χ1) is 10.6. The Morgan fingerprint density at radius 1 is 0.909 bits per heavy atom. The van der Waals surface area contributed by atoms with Crippen LogP contribution in [0.2, 0.25) is 0 Å². The maximum absolute atomic E-state index is 12.8. The SMILES string of the molecule is COc1cc(OC)cc(N2C(=O)[C@H]3[C@H](C2=O)[C@H]2C=C[C@H]3C2)c1. The Morgan fingerprint density at radius 3 is 1.86 bits per heavy atom. The van der Waals surface area contributed by atoms with E-state index in [2.05, 4.69) is 12.2 Å². The number of carbonyl (C=O) groups excluding carboxylic acids is 2. The number of hydrogen-bond donors (Lipinski definition) is 0. The molecule has 1 saturated carbocycles. The second-order valence-corrected chi connectivity index (χ2v) is 6.08. The van der Waals surface area contributed by atoms with Crippen molar-refractivity contribution in [2.45, 2.75) is 6.42 Å². The van der Waals surface area contributed by atoms with Gasteiger partial charge in [-0.15, -0.1) is 0 Å². The van der Waals surface area contributed by atoms with Crippen molar-refractivity contribution in [1.29, 1.82) is 0 Å². The van der Waals surface area contributed by atoms with Gasteiger partial charge in [0.1, 0.15) is 11.5 Å². The fraction of sp³-hybridized carbons (Fsp3) is 0.412. The van der Waals surface area contributed by atoms with Crippen LogP contribution in [0.5, 0.6) is 11.5 Å². The minimum absolute atomic E-state index is 0.0952. The molecule has 4 rings (SSSR count). The molecule has 2 amide bonds. The van der Waals surface area contributed by atoms with Crippen LogP contribution < -0.4 is 14.4 Å². The molecule has 5 nitrogen and oxygen atoms in total. The first kappa shape index (κ1) is 13.4. The van der Waals surface area contributed by atoms with Gasteiger partial charge >= 0.3 is 0 Å². The van der Waals surface area contributed by atoms with Gasteiger partial charge < -0.3 is 9.47 Å². The normalized spacial score (nSPS) is 31.8. The van der Waals surface area contributed by atoms with Crippen molar-refractivity contribution in [1.82, 2.24) is 0 Å². The molecular formula is C17H17NO4. The number of hydrogen-bond acceptors (Lipinski definition) is 4. The van der Waals surface area contributed by atoms with E-state index in [1.807, 2.05) is 0 Å². The molecule has 2 fully saturated rings. The van der Waals surface area contributed by atoms with Crippen LogP contribution >= 0.6 is 0 Å². The molecule has 0 N–H and O–H groups in total. The third-order valence-electron chi connectivity index (χ3n) is 5.06. The molecule has 3 aliphatic rings. The average molecular weight is 299 g/mol. The van der Waals surface area contributed by atoms with Crippen LogP contribution in [0.15, 0.2) is 30.4 Å². The number of allylic oxidation sites excluding steroid dienone is 2. The molecule has 22 heavy (non-hydrogen) atoms. The number of carbonyl (C=O) groups is 2. The van der Waals surface area contributed by atoms with Crippen LogP contribution in [-0.4, -0.2) is 26.0 Å². The molecule has 2 aliphatic carbocycles. The highest BCUT2D eigenvalue weighted by Gasteiger charge is 2.59. The molecule has 1 aromatic carbocycles. The van der Waals surface area contributed by atoms with Crippen LogP contribution in [0, 0.1) is 23.7 Å². The lowest BCUT2D eigenvalue weighted by atomic mass is 9.85. The minimum atomic E-state index is -0.195. The van der Waals surface area contributed by atoms with Gasteiger partial charge in [-0.05, 0) is 18.3 Å². The monoisotopic (exact) mass is 299 g/mol. The van der Waals surface area contributed by atoms with Gasteiger partial charge in [0, 0.05) is 18.2 Å². The molecule has 0 spiro atoms. The molecular weight excluding hydrogens is 282 g/mol. The van der Waals surface area contributed by atoms with E-state index in [1.54, 1.807) is 32.4 Å².